The first-order valence-electron chi connectivity index (χ1n) is 12.6. The fraction of sp³-hybridized carbons (Fsp3) is 0.407. The molecule has 38 heavy (non-hydrogen) atoms. The van der Waals surface area contributed by atoms with Crippen LogP contribution in [0.4, 0.5) is 20.6 Å². The molecule has 9 nitrogen and oxygen atoms in total. The SMILES string of the molecule is CCC(=S)NC[C@H]1CN(c2ccc(N3CCN(C(=O)COC(=O)c4ccc(C)cc4)CC3)c(F)c2)C(=O)O1. The second-order valence-electron chi connectivity index (χ2n) is 9.22. The van der Waals surface area contributed by atoms with E-state index in [2.05, 4.69) is 5.32 Å². The standard InChI is InChI=1S/C27H31FN4O5S/c1-3-24(38)29-15-21-16-32(27(35)37-21)20-8-9-23(22(28)14-20)30-10-12-31(13-11-30)25(33)17-36-26(34)19-6-4-18(2)5-7-19/h4-9,14,21H,3,10-13,15-17H2,1-2H3,(H,29,38)/t21-/m0/s1. The number of carbonyl (C=O) groups is 3. The predicted octanol–water partition coefficient (Wildman–Crippen LogP) is 3.29. The Kier molecular flexibility index (Phi) is 8.77. The molecule has 2 fully saturated rings. The first-order chi connectivity index (χ1) is 18.2. The number of carbonyl (C=O) groups excluding carboxylic acids is 3. The number of ether oxygens (including phenoxy) is 2. The maximum atomic E-state index is 15.1. The number of amides is 2. The number of anilines is 2. The maximum Gasteiger partial charge on any atom is 0.414 e. The Morgan fingerprint density at radius 1 is 1.13 bits per heavy atom. The van der Waals surface area contributed by atoms with Crippen molar-refractivity contribution in [1.82, 2.24) is 10.2 Å². The van der Waals surface area contributed by atoms with E-state index in [-0.39, 0.29) is 18.6 Å². The van der Waals surface area contributed by atoms with E-state index < -0.39 is 17.9 Å². The number of rotatable bonds is 8. The molecular weight excluding hydrogens is 511 g/mol. The van der Waals surface area contributed by atoms with Crippen LogP contribution in [0.5, 0.6) is 0 Å². The largest absolute Gasteiger partial charge is 0.452 e. The van der Waals surface area contributed by atoms with Gasteiger partial charge >= 0.3 is 12.1 Å². The molecule has 1 N–H and O–H groups in total. The number of nitrogens with one attached hydrogen (secondary N) is 1. The van der Waals surface area contributed by atoms with Crippen molar-refractivity contribution in [3.8, 4) is 0 Å². The van der Waals surface area contributed by atoms with Gasteiger partial charge in [0.15, 0.2) is 6.61 Å². The average molecular weight is 543 g/mol. The Morgan fingerprint density at radius 2 is 1.84 bits per heavy atom. The third kappa shape index (κ3) is 6.58. The highest BCUT2D eigenvalue weighted by Crippen LogP contribution is 2.28. The summed E-state index contributed by atoms with van der Waals surface area (Å²) in [5.41, 5.74) is 2.23. The van der Waals surface area contributed by atoms with Crippen molar-refractivity contribution >= 4 is 46.6 Å². The van der Waals surface area contributed by atoms with E-state index in [9.17, 15) is 14.4 Å². The Hall–Kier alpha value is -3.73. The zero-order valence-electron chi connectivity index (χ0n) is 21.4. The molecule has 2 aromatic rings. The van der Waals surface area contributed by atoms with Crippen LogP contribution in [0.15, 0.2) is 42.5 Å². The number of cyclic esters (lactones) is 1. The Morgan fingerprint density at radius 3 is 2.50 bits per heavy atom. The second-order valence-corrected chi connectivity index (χ2v) is 9.71. The maximum absolute atomic E-state index is 15.1. The number of halogens is 1. The molecular formula is C27H31FN4O5S. The van der Waals surface area contributed by atoms with Gasteiger partial charge in [-0.05, 0) is 43.7 Å². The molecule has 0 bridgehead atoms. The summed E-state index contributed by atoms with van der Waals surface area (Å²) in [6.45, 7) is 5.80. The zero-order chi connectivity index (χ0) is 27.2. The minimum absolute atomic E-state index is 0.294. The summed E-state index contributed by atoms with van der Waals surface area (Å²) >= 11 is 5.14. The molecule has 2 aliphatic heterocycles. The van der Waals surface area contributed by atoms with E-state index in [4.69, 9.17) is 21.7 Å². The first kappa shape index (κ1) is 27.3. The van der Waals surface area contributed by atoms with E-state index in [0.29, 0.717) is 67.6 Å². The van der Waals surface area contributed by atoms with Gasteiger partial charge in [-0.15, -0.1) is 0 Å². The molecule has 1 atom stereocenters. The molecule has 0 saturated carbocycles. The van der Waals surface area contributed by atoms with Crippen molar-refractivity contribution in [2.45, 2.75) is 26.4 Å². The number of hydrogen-bond donors (Lipinski definition) is 1. The fourth-order valence-corrected chi connectivity index (χ4v) is 4.38. The lowest BCUT2D eigenvalue weighted by molar-refractivity contribution is -0.134. The van der Waals surface area contributed by atoms with Crippen LogP contribution >= 0.6 is 12.2 Å². The van der Waals surface area contributed by atoms with E-state index in [1.54, 1.807) is 41.3 Å². The summed E-state index contributed by atoms with van der Waals surface area (Å²) in [6.07, 6.45) is -0.200. The molecule has 0 aromatic heterocycles. The Balaban J connectivity index is 1.27. The molecule has 2 aliphatic rings. The highest BCUT2D eigenvalue weighted by Gasteiger charge is 2.33. The Labute approximate surface area is 226 Å². The third-order valence-corrected chi connectivity index (χ3v) is 6.99. The third-order valence-electron chi connectivity index (χ3n) is 6.55. The summed E-state index contributed by atoms with van der Waals surface area (Å²) in [4.78, 5) is 42.6. The predicted molar refractivity (Wildman–Crippen MR) is 145 cm³/mol. The Bertz CT molecular complexity index is 1200. The first-order valence-corrected chi connectivity index (χ1v) is 13.0. The molecule has 202 valence electrons. The highest BCUT2D eigenvalue weighted by atomic mass is 32.1. The van der Waals surface area contributed by atoms with Crippen LogP contribution in [0.1, 0.15) is 29.3 Å². The molecule has 0 aliphatic carbocycles. The molecule has 0 unspecified atom stereocenters. The van der Waals surface area contributed by atoms with E-state index in [1.165, 1.54) is 11.0 Å². The van der Waals surface area contributed by atoms with E-state index >= 15 is 4.39 Å². The van der Waals surface area contributed by atoms with Crippen molar-refractivity contribution < 1.29 is 28.2 Å². The van der Waals surface area contributed by atoms with E-state index in [1.807, 2.05) is 18.7 Å². The normalized spacial score (nSPS) is 17.3. The van der Waals surface area contributed by atoms with Crippen molar-refractivity contribution in [2.24, 2.45) is 0 Å². The number of aryl methyl sites for hydroxylation is 1. The van der Waals surface area contributed by atoms with Crippen LogP contribution in [-0.2, 0) is 14.3 Å². The molecule has 2 amide bonds. The van der Waals surface area contributed by atoms with Crippen LogP contribution in [0.2, 0.25) is 0 Å². The summed E-state index contributed by atoms with van der Waals surface area (Å²) in [5.74, 6) is -1.30. The number of piperazine rings is 1. The molecule has 2 aromatic carbocycles. The van der Waals surface area contributed by atoms with Crippen molar-refractivity contribution in [3.05, 3.63) is 59.4 Å². The van der Waals surface area contributed by atoms with Crippen molar-refractivity contribution in [1.29, 1.82) is 0 Å². The van der Waals surface area contributed by atoms with Gasteiger partial charge in [-0.25, -0.2) is 14.0 Å². The number of esters is 1. The van der Waals surface area contributed by atoms with Gasteiger partial charge in [0.25, 0.3) is 5.91 Å². The minimum atomic E-state index is -0.548. The van der Waals surface area contributed by atoms with Gasteiger partial charge in [0.2, 0.25) is 0 Å². The monoisotopic (exact) mass is 542 g/mol. The number of benzene rings is 2. The summed E-state index contributed by atoms with van der Waals surface area (Å²) in [7, 11) is 0. The van der Waals surface area contributed by atoms with Crippen LogP contribution in [0, 0.1) is 12.7 Å². The molecule has 2 heterocycles. The summed E-state index contributed by atoms with van der Waals surface area (Å²) in [6, 6.07) is 11.6. The van der Waals surface area contributed by atoms with Gasteiger partial charge in [0.1, 0.15) is 11.9 Å². The molecule has 11 heteroatoms. The van der Waals surface area contributed by atoms with E-state index in [0.717, 1.165) is 5.56 Å². The molecule has 2 saturated heterocycles. The number of nitrogens with zero attached hydrogens (tertiary/aromatic N) is 3. The van der Waals surface area contributed by atoms with Crippen molar-refractivity contribution in [3.63, 3.8) is 0 Å². The van der Waals surface area contributed by atoms with Crippen LogP contribution in [0.25, 0.3) is 0 Å². The van der Waals surface area contributed by atoms with Gasteiger partial charge in [-0.3, -0.25) is 9.69 Å². The van der Waals surface area contributed by atoms with Crippen molar-refractivity contribution in [2.75, 3.05) is 55.7 Å². The smallest absolute Gasteiger partial charge is 0.414 e. The molecule has 0 spiro atoms. The lowest BCUT2D eigenvalue weighted by atomic mass is 10.1. The molecule has 0 radical (unpaired) electrons. The lowest BCUT2D eigenvalue weighted by Crippen LogP contribution is -2.50. The summed E-state index contributed by atoms with van der Waals surface area (Å²) < 4.78 is 25.6. The van der Waals surface area contributed by atoms with Gasteiger partial charge in [-0.2, -0.15) is 0 Å². The van der Waals surface area contributed by atoms with Gasteiger partial charge in [0, 0.05) is 26.2 Å². The number of thiocarbonyl (C=S) groups is 1. The average Bonchev–Trinajstić information content (AvgIpc) is 3.30. The molecule has 4 rings (SSSR count). The van der Waals surface area contributed by atoms with Crippen LogP contribution in [-0.4, -0.2) is 79.8 Å². The quantitative estimate of drug-likeness (QED) is 0.402. The highest BCUT2D eigenvalue weighted by molar-refractivity contribution is 7.80. The van der Waals surface area contributed by atoms with Gasteiger partial charge in [0.05, 0.1) is 35.0 Å². The summed E-state index contributed by atoms with van der Waals surface area (Å²) in [5, 5.41) is 3.06. The topological polar surface area (TPSA) is 91.4 Å². The van der Waals surface area contributed by atoms with Crippen LogP contribution < -0.4 is 15.1 Å². The van der Waals surface area contributed by atoms with Crippen LogP contribution in [0.3, 0.4) is 0 Å². The minimum Gasteiger partial charge on any atom is -0.452 e. The number of hydrogen-bond acceptors (Lipinski definition) is 7. The second kappa shape index (κ2) is 12.2. The zero-order valence-corrected chi connectivity index (χ0v) is 22.3. The van der Waals surface area contributed by atoms with Gasteiger partial charge < -0.3 is 24.6 Å². The lowest BCUT2D eigenvalue weighted by Gasteiger charge is -2.36. The fourth-order valence-electron chi connectivity index (χ4n) is 4.30. The van der Waals surface area contributed by atoms with Gasteiger partial charge in [-0.1, -0.05) is 36.8 Å².